The van der Waals surface area contributed by atoms with Gasteiger partial charge < -0.3 is 5.32 Å². The molecule has 1 rings (SSSR count). The first-order chi connectivity index (χ1) is 8.02. The fraction of sp³-hybridized carbons (Fsp3) is 0.571. The van der Waals surface area contributed by atoms with Gasteiger partial charge in [0.05, 0.1) is 0 Å². The summed E-state index contributed by atoms with van der Waals surface area (Å²) >= 11 is 3.39. The van der Waals surface area contributed by atoms with Crippen molar-refractivity contribution >= 4 is 15.9 Å². The van der Waals surface area contributed by atoms with Crippen molar-refractivity contribution in [2.45, 2.75) is 39.7 Å². The van der Waals surface area contributed by atoms with E-state index in [4.69, 9.17) is 0 Å². The number of rotatable bonds is 6. The summed E-state index contributed by atoms with van der Waals surface area (Å²) < 4.78 is 14.6. The molecule has 1 aromatic rings. The van der Waals surface area contributed by atoms with Crippen LogP contribution in [0, 0.1) is 11.7 Å². The van der Waals surface area contributed by atoms with Crippen molar-refractivity contribution in [3.63, 3.8) is 0 Å². The molecule has 1 N–H and O–H groups in total. The highest BCUT2D eigenvalue weighted by molar-refractivity contribution is 9.10. The van der Waals surface area contributed by atoms with Crippen molar-refractivity contribution in [2.75, 3.05) is 6.54 Å². The Kier molecular flexibility index (Phi) is 6.14. The van der Waals surface area contributed by atoms with Gasteiger partial charge in [0.2, 0.25) is 0 Å². The van der Waals surface area contributed by atoms with E-state index in [0.29, 0.717) is 12.0 Å². The van der Waals surface area contributed by atoms with E-state index < -0.39 is 0 Å². The molecule has 0 aliphatic rings. The molecule has 0 bridgehead atoms. The van der Waals surface area contributed by atoms with Crippen molar-refractivity contribution in [3.8, 4) is 0 Å². The van der Waals surface area contributed by atoms with Crippen LogP contribution in [0.2, 0.25) is 0 Å². The zero-order valence-electron chi connectivity index (χ0n) is 10.8. The lowest BCUT2D eigenvalue weighted by Gasteiger charge is -2.20. The summed E-state index contributed by atoms with van der Waals surface area (Å²) in [5.41, 5.74) is 0.783. The highest BCUT2D eigenvalue weighted by Gasteiger charge is 2.13. The first-order valence-corrected chi connectivity index (χ1v) is 6.99. The van der Waals surface area contributed by atoms with Crippen molar-refractivity contribution in [1.82, 2.24) is 5.32 Å². The Morgan fingerprint density at radius 3 is 2.65 bits per heavy atom. The Morgan fingerprint density at radius 2 is 2.06 bits per heavy atom. The van der Waals surface area contributed by atoms with E-state index in [1.54, 1.807) is 6.07 Å². The summed E-state index contributed by atoms with van der Waals surface area (Å²) in [7, 11) is 0. The maximum atomic E-state index is 13.7. The summed E-state index contributed by atoms with van der Waals surface area (Å²) in [6, 6.07) is 5.49. The third-order valence-electron chi connectivity index (χ3n) is 2.72. The molecule has 0 saturated heterocycles. The van der Waals surface area contributed by atoms with E-state index >= 15 is 0 Å². The van der Waals surface area contributed by atoms with Crippen LogP contribution in [-0.2, 0) is 6.42 Å². The lowest BCUT2D eigenvalue weighted by atomic mass is 9.97. The molecule has 17 heavy (non-hydrogen) atoms. The van der Waals surface area contributed by atoms with Crippen LogP contribution < -0.4 is 5.32 Å². The maximum absolute atomic E-state index is 13.7. The Hall–Kier alpha value is -0.410. The number of hydrogen-bond donors (Lipinski definition) is 1. The quantitative estimate of drug-likeness (QED) is 0.832. The van der Waals surface area contributed by atoms with Gasteiger partial charge in [0, 0.05) is 10.5 Å². The van der Waals surface area contributed by atoms with E-state index in [1.165, 1.54) is 6.07 Å². The number of hydrogen-bond acceptors (Lipinski definition) is 1. The van der Waals surface area contributed by atoms with Crippen LogP contribution in [-0.4, -0.2) is 12.6 Å². The highest BCUT2D eigenvalue weighted by atomic mass is 79.9. The molecule has 0 heterocycles. The molecule has 3 heteroatoms. The van der Waals surface area contributed by atoms with Gasteiger partial charge in [0.1, 0.15) is 5.82 Å². The summed E-state index contributed by atoms with van der Waals surface area (Å²) in [6.07, 6.45) is 1.82. The molecule has 0 saturated carbocycles. The number of nitrogens with one attached hydrogen (secondary N) is 1. The minimum atomic E-state index is -0.111. The molecule has 96 valence electrons. The predicted octanol–water partition coefficient (Wildman–Crippen LogP) is 4.15. The molecule has 0 spiro atoms. The number of halogens is 2. The van der Waals surface area contributed by atoms with Crippen LogP contribution in [0.5, 0.6) is 0 Å². The molecule has 0 radical (unpaired) electrons. The molecule has 0 amide bonds. The Bertz CT molecular complexity index is 352. The second-order valence-corrected chi connectivity index (χ2v) is 5.74. The van der Waals surface area contributed by atoms with E-state index in [9.17, 15) is 4.39 Å². The van der Waals surface area contributed by atoms with E-state index in [-0.39, 0.29) is 5.82 Å². The van der Waals surface area contributed by atoms with E-state index in [2.05, 4.69) is 42.0 Å². The van der Waals surface area contributed by atoms with Crippen LogP contribution in [0.15, 0.2) is 22.7 Å². The fourth-order valence-corrected chi connectivity index (χ4v) is 2.47. The molecule has 0 aromatic heterocycles. The molecule has 0 aliphatic carbocycles. The highest BCUT2D eigenvalue weighted by Crippen LogP contribution is 2.19. The zero-order chi connectivity index (χ0) is 12.8. The summed E-state index contributed by atoms with van der Waals surface area (Å²) in [6.45, 7) is 7.40. The lowest BCUT2D eigenvalue weighted by Crippen LogP contribution is -2.32. The molecule has 1 aromatic carbocycles. The molecule has 1 nitrogen and oxygen atoms in total. The first kappa shape index (κ1) is 14.7. The van der Waals surface area contributed by atoms with Crippen LogP contribution in [0.25, 0.3) is 0 Å². The van der Waals surface area contributed by atoms with Crippen LogP contribution >= 0.6 is 15.9 Å². The van der Waals surface area contributed by atoms with Crippen molar-refractivity contribution in [2.24, 2.45) is 5.92 Å². The van der Waals surface area contributed by atoms with Gasteiger partial charge in [-0.3, -0.25) is 0 Å². The first-order valence-electron chi connectivity index (χ1n) is 6.20. The van der Waals surface area contributed by atoms with Gasteiger partial charge in [-0.15, -0.1) is 0 Å². The van der Waals surface area contributed by atoms with Crippen LogP contribution in [0.1, 0.15) is 32.8 Å². The maximum Gasteiger partial charge on any atom is 0.126 e. The third-order valence-corrected chi connectivity index (χ3v) is 3.22. The smallest absolute Gasteiger partial charge is 0.126 e. The van der Waals surface area contributed by atoms with Gasteiger partial charge in [-0.25, -0.2) is 4.39 Å². The van der Waals surface area contributed by atoms with Gasteiger partial charge in [-0.1, -0.05) is 36.7 Å². The second-order valence-electron chi connectivity index (χ2n) is 4.82. The average molecular weight is 302 g/mol. The Morgan fingerprint density at radius 1 is 1.35 bits per heavy atom. The monoisotopic (exact) mass is 301 g/mol. The topological polar surface area (TPSA) is 12.0 Å². The number of benzene rings is 1. The Labute approximate surface area is 112 Å². The minimum Gasteiger partial charge on any atom is -0.314 e. The van der Waals surface area contributed by atoms with E-state index in [0.717, 1.165) is 29.4 Å². The predicted molar refractivity (Wildman–Crippen MR) is 74.7 cm³/mol. The molecular formula is C14H21BrFN. The largest absolute Gasteiger partial charge is 0.314 e. The van der Waals surface area contributed by atoms with Crippen molar-refractivity contribution < 1.29 is 4.39 Å². The lowest BCUT2D eigenvalue weighted by molar-refractivity contribution is 0.418. The third kappa shape index (κ3) is 5.17. The minimum absolute atomic E-state index is 0.111. The van der Waals surface area contributed by atoms with Gasteiger partial charge in [-0.2, -0.15) is 0 Å². The molecule has 0 fully saturated rings. The van der Waals surface area contributed by atoms with Gasteiger partial charge in [0.15, 0.2) is 0 Å². The normalized spacial score (nSPS) is 13.1. The van der Waals surface area contributed by atoms with Gasteiger partial charge in [0.25, 0.3) is 0 Å². The van der Waals surface area contributed by atoms with Crippen LogP contribution in [0.4, 0.5) is 4.39 Å². The zero-order valence-corrected chi connectivity index (χ0v) is 12.3. The van der Waals surface area contributed by atoms with Gasteiger partial charge in [-0.05, 0) is 49.1 Å². The molecular weight excluding hydrogens is 281 g/mol. The van der Waals surface area contributed by atoms with Crippen molar-refractivity contribution in [1.29, 1.82) is 0 Å². The SMILES string of the molecule is CCNC(Cc1cc(Br)ccc1F)CC(C)C. The van der Waals surface area contributed by atoms with Gasteiger partial charge >= 0.3 is 0 Å². The summed E-state index contributed by atoms with van der Waals surface area (Å²) in [5, 5.41) is 3.43. The summed E-state index contributed by atoms with van der Waals surface area (Å²) in [5.74, 6) is 0.508. The van der Waals surface area contributed by atoms with Crippen LogP contribution in [0.3, 0.4) is 0 Å². The standard InChI is InChI=1S/C14H21BrFN/c1-4-17-13(7-10(2)3)9-11-8-12(15)5-6-14(11)16/h5-6,8,10,13,17H,4,7,9H2,1-3H3. The molecule has 1 atom stereocenters. The summed E-state index contributed by atoms with van der Waals surface area (Å²) in [4.78, 5) is 0. The Balaban J connectivity index is 2.74. The fourth-order valence-electron chi connectivity index (χ4n) is 2.06. The van der Waals surface area contributed by atoms with Crippen molar-refractivity contribution in [3.05, 3.63) is 34.1 Å². The molecule has 0 aliphatic heterocycles. The second kappa shape index (κ2) is 7.12. The van der Waals surface area contributed by atoms with E-state index in [1.807, 2.05) is 6.07 Å². The number of likely N-dealkylation sites (N-methyl/N-ethyl adjacent to an activating group) is 1. The average Bonchev–Trinajstić information content (AvgIpc) is 2.23. The molecule has 1 unspecified atom stereocenters.